The molecule has 0 N–H and O–H groups in total. The molecule has 0 heterocycles. The van der Waals surface area contributed by atoms with Gasteiger partial charge < -0.3 is 4.74 Å². The smallest absolute Gasteiger partial charge is 0.146 e. The molecule has 5 unspecified atom stereocenters. The second-order valence-corrected chi connectivity index (χ2v) is 7.07. The van der Waals surface area contributed by atoms with Crippen LogP contribution in [0.5, 0.6) is 0 Å². The minimum Gasteiger partial charge on any atom is -0.381 e. The summed E-state index contributed by atoms with van der Waals surface area (Å²) >= 11 is 0. The molecule has 0 amide bonds. The molecule has 3 heteroatoms. The van der Waals surface area contributed by atoms with E-state index in [-0.39, 0.29) is 41.3 Å². The molecule has 6 atom stereocenters. The SMILES string of the molecule is CC#CC(CC)CC(OC)C(CC)C1C(=O)C2CC[C@@H](C2)C1=O. The van der Waals surface area contributed by atoms with Gasteiger partial charge in [-0.05, 0) is 45.4 Å². The third-order valence-corrected chi connectivity index (χ3v) is 5.89. The van der Waals surface area contributed by atoms with E-state index in [1.165, 1.54) is 0 Å². The van der Waals surface area contributed by atoms with Gasteiger partial charge in [-0.3, -0.25) is 9.59 Å². The van der Waals surface area contributed by atoms with Crippen LogP contribution in [0.15, 0.2) is 0 Å². The van der Waals surface area contributed by atoms with Crippen molar-refractivity contribution < 1.29 is 14.3 Å². The van der Waals surface area contributed by atoms with Crippen molar-refractivity contribution in [3.8, 4) is 11.8 Å². The van der Waals surface area contributed by atoms with E-state index in [9.17, 15) is 9.59 Å². The topological polar surface area (TPSA) is 43.4 Å². The van der Waals surface area contributed by atoms with Crippen molar-refractivity contribution in [2.45, 2.75) is 65.4 Å². The molecule has 128 valence electrons. The van der Waals surface area contributed by atoms with Gasteiger partial charge in [0.05, 0.1) is 12.0 Å². The zero-order valence-electron chi connectivity index (χ0n) is 14.9. The highest BCUT2D eigenvalue weighted by Gasteiger charge is 2.50. The molecule has 3 nitrogen and oxygen atoms in total. The Morgan fingerprint density at radius 1 is 1.13 bits per heavy atom. The second-order valence-electron chi connectivity index (χ2n) is 7.07. The maximum atomic E-state index is 12.8. The minimum absolute atomic E-state index is 0.00361. The van der Waals surface area contributed by atoms with Crippen LogP contribution in [0.4, 0.5) is 0 Å². The highest BCUT2D eigenvalue weighted by atomic mass is 16.5. The Kier molecular flexibility index (Phi) is 6.41. The van der Waals surface area contributed by atoms with E-state index >= 15 is 0 Å². The van der Waals surface area contributed by atoms with Gasteiger partial charge in [-0.15, -0.1) is 11.8 Å². The first-order chi connectivity index (χ1) is 11.1. The lowest BCUT2D eigenvalue weighted by atomic mass is 9.69. The number of hydrogen-bond acceptors (Lipinski definition) is 3. The third-order valence-electron chi connectivity index (χ3n) is 5.89. The summed E-state index contributed by atoms with van der Waals surface area (Å²) in [7, 11) is 1.70. The summed E-state index contributed by atoms with van der Waals surface area (Å²) in [5, 5.41) is 0. The van der Waals surface area contributed by atoms with E-state index in [1.807, 2.05) is 6.92 Å². The summed E-state index contributed by atoms with van der Waals surface area (Å²) in [6, 6.07) is 0. The van der Waals surface area contributed by atoms with Crippen LogP contribution in [0.3, 0.4) is 0 Å². The highest BCUT2D eigenvalue weighted by molar-refractivity contribution is 6.07. The fourth-order valence-electron chi connectivity index (χ4n) is 4.54. The molecule has 0 aromatic heterocycles. The predicted molar refractivity (Wildman–Crippen MR) is 90.8 cm³/mol. The van der Waals surface area contributed by atoms with Crippen LogP contribution in [0.2, 0.25) is 0 Å². The molecule has 2 aliphatic carbocycles. The Balaban J connectivity index is 2.19. The molecule has 0 aromatic carbocycles. The van der Waals surface area contributed by atoms with E-state index in [2.05, 4.69) is 25.7 Å². The van der Waals surface area contributed by atoms with E-state index in [4.69, 9.17) is 4.74 Å². The maximum absolute atomic E-state index is 12.8. The number of carbonyl (C=O) groups is 2. The Morgan fingerprint density at radius 2 is 1.74 bits per heavy atom. The van der Waals surface area contributed by atoms with Crippen LogP contribution in [0, 0.1) is 41.4 Å². The van der Waals surface area contributed by atoms with Gasteiger partial charge in [-0.25, -0.2) is 0 Å². The number of fused-ring (bicyclic) bond motifs is 2. The number of carbonyl (C=O) groups excluding carboxylic acids is 2. The molecule has 0 saturated heterocycles. The van der Waals surface area contributed by atoms with Gasteiger partial charge >= 0.3 is 0 Å². The first-order valence-corrected chi connectivity index (χ1v) is 9.09. The van der Waals surface area contributed by atoms with Gasteiger partial charge in [0.1, 0.15) is 11.6 Å². The van der Waals surface area contributed by atoms with Crippen LogP contribution in [0.25, 0.3) is 0 Å². The molecule has 0 spiro atoms. The van der Waals surface area contributed by atoms with E-state index < -0.39 is 5.92 Å². The number of methoxy groups -OCH3 is 1. The Hall–Kier alpha value is -1.14. The molecule has 2 aliphatic rings. The zero-order chi connectivity index (χ0) is 17.0. The molecule has 2 fully saturated rings. The van der Waals surface area contributed by atoms with E-state index in [0.717, 1.165) is 38.5 Å². The van der Waals surface area contributed by atoms with Gasteiger partial charge in [0.15, 0.2) is 0 Å². The molecule has 2 rings (SSSR count). The van der Waals surface area contributed by atoms with Crippen LogP contribution in [-0.4, -0.2) is 24.8 Å². The van der Waals surface area contributed by atoms with Gasteiger partial charge in [0, 0.05) is 30.8 Å². The van der Waals surface area contributed by atoms with E-state index in [0.29, 0.717) is 0 Å². The summed E-state index contributed by atoms with van der Waals surface area (Å²) in [4.78, 5) is 25.6. The van der Waals surface area contributed by atoms with Gasteiger partial charge in [0.2, 0.25) is 0 Å². The summed E-state index contributed by atoms with van der Waals surface area (Å²) in [5.41, 5.74) is 0. The summed E-state index contributed by atoms with van der Waals surface area (Å²) < 4.78 is 5.75. The fraction of sp³-hybridized carbons (Fsp3) is 0.800. The largest absolute Gasteiger partial charge is 0.381 e. The average Bonchev–Trinajstić information content (AvgIpc) is 3.01. The number of ether oxygens (including phenoxy) is 1. The minimum atomic E-state index is -0.441. The standard InChI is InChI=1S/C20H30O3/c1-5-8-13(6-2)11-17(23-4)16(7-3)18-19(21)14-9-10-15(12-14)20(18)22/h13-18H,6-7,9-12H2,1-4H3/t13?,14-,15?,16?,17?,18?/m0/s1. The molecular weight excluding hydrogens is 288 g/mol. The van der Waals surface area contributed by atoms with Crippen molar-refractivity contribution in [1.29, 1.82) is 0 Å². The normalized spacial score (nSPS) is 30.5. The molecule has 2 bridgehead atoms. The fourth-order valence-corrected chi connectivity index (χ4v) is 4.54. The van der Waals surface area contributed by atoms with Crippen LogP contribution >= 0.6 is 0 Å². The molecule has 2 saturated carbocycles. The maximum Gasteiger partial charge on any atom is 0.146 e. The monoisotopic (exact) mass is 318 g/mol. The first-order valence-electron chi connectivity index (χ1n) is 9.09. The van der Waals surface area contributed by atoms with Crippen LogP contribution in [0.1, 0.15) is 59.3 Å². The molecule has 0 aliphatic heterocycles. The molecular formula is C20H30O3. The third kappa shape index (κ3) is 3.69. The number of Topliss-reactive ketones (excluding diaryl/α,β-unsaturated/α-hetero) is 2. The highest BCUT2D eigenvalue weighted by Crippen LogP contribution is 2.44. The second kappa shape index (κ2) is 8.11. The van der Waals surface area contributed by atoms with Crippen molar-refractivity contribution in [1.82, 2.24) is 0 Å². The summed E-state index contributed by atoms with van der Waals surface area (Å²) in [6.45, 7) is 6.05. The Morgan fingerprint density at radius 3 is 2.17 bits per heavy atom. The number of rotatable bonds is 7. The van der Waals surface area contributed by atoms with Crippen molar-refractivity contribution >= 4 is 11.6 Å². The number of hydrogen-bond donors (Lipinski definition) is 0. The van der Waals surface area contributed by atoms with Crippen molar-refractivity contribution in [3.63, 3.8) is 0 Å². The molecule has 0 radical (unpaired) electrons. The molecule has 0 aromatic rings. The van der Waals surface area contributed by atoms with Gasteiger partial charge in [0.25, 0.3) is 0 Å². The lowest BCUT2D eigenvalue weighted by Crippen LogP contribution is -2.45. The van der Waals surface area contributed by atoms with Crippen LogP contribution in [-0.2, 0) is 14.3 Å². The van der Waals surface area contributed by atoms with Crippen molar-refractivity contribution in [3.05, 3.63) is 0 Å². The van der Waals surface area contributed by atoms with Gasteiger partial charge in [-0.2, -0.15) is 0 Å². The Labute approximate surface area is 140 Å². The first kappa shape index (κ1) is 18.2. The van der Waals surface area contributed by atoms with Crippen molar-refractivity contribution in [2.75, 3.05) is 7.11 Å². The lowest BCUT2D eigenvalue weighted by Gasteiger charge is -2.35. The zero-order valence-corrected chi connectivity index (χ0v) is 14.9. The van der Waals surface area contributed by atoms with E-state index in [1.54, 1.807) is 7.11 Å². The lowest BCUT2D eigenvalue weighted by molar-refractivity contribution is -0.145. The Bertz CT molecular complexity index is 477. The summed E-state index contributed by atoms with van der Waals surface area (Å²) in [6.07, 6.45) is 5.10. The summed E-state index contributed by atoms with van der Waals surface area (Å²) in [5.74, 6) is 6.65. The average molecular weight is 318 g/mol. The van der Waals surface area contributed by atoms with Gasteiger partial charge in [-0.1, -0.05) is 13.8 Å². The number of ketones is 2. The van der Waals surface area contributed by atoms with Crippen molar-refractivity contribution in [2.24, 2.45) is 29.6 Å². The predicted octanol–water partition coefficient (Wildman–Crippen LogP) is 3.65. The molecule has 23 heavy (non-hydrogen) atoms. The quantitative estimate of drug-likeness (QED) is 0.531. The van der Waals surface area contributed by atoms with Crippen LogP contribution < -0.4 is 0 Å².